The highest BCUT2D eigenvalue weighted by Crippen LogP contribution is 2.45. The fourth-order valence-electron chi connectivity index (χ4n) is 5.46. The maximum atomic E-state index is 14.4. The van der Waals surface area contributed by atoms with Crippen molar-refractivity contribution in [3.05, 3.63) is 107 Å². The zero-order chi connectivity index (χ0) is 30.7. The molecule has 0 bridgehead atoms. The Morgan fingerprint density at radius 1 is 0.907 bits per heavy atom. The van der Waals surface area contributed by atoms with Gasteiger partial charge in [0.05, 0.1) is 36.9 Å². The molecule has 3 aromatic carbocycles. The second-order valence-corrected chi connectivity index (χ2v) is 10.2. The van der Waals surface area contributed by atoms with Gasteiger partial charge in [0.25, 0.3) is 5.91 Å². The Labute approximate surface area is 248 Å². The highest BCUT2D eigenvalue weighted by molar-refractivity contribution is 6.02. The van der Waals surface area contributed by atoms with Gasteiger partial charge in [-0.15, -0.1) is 0 Å². The van der Waals surface area contributed by atoms with Crippen LogP contribution in [0, 0.1) is 0 Å². The molecule has 224 valence electrons. The number of carbonyl (C=O) groups excluding carboxylic acids is 2. The monoisotopic (exact) mass is 591 g/mol. The van der Waals surface area contributed by atoms with E-state index in [-0.39, 0.29) is 18.7 Å². The molecular formula is C33H32F3N3O4. The van der Waals surface area contributed by atoms with Crippen LogP contribution in [-0.2, 0) is 11.0 Å². The zero-order valence-corrected chi connectivity index (χ0v) is 24.1. The Bertz CT molecular complexity index is 1630. The van der Waals surface area contributed by atoms with Gasteiger partial charge in [-0.05, 0) is 67.1 Å². The summed E-state index contributed by atoms with van der Waals surface area (Å²) in [6.07, 6.45) is -1.38. The first-order chi connectivity index (χ1) is 20.7. The van der Waals surface area contributed by atoms with E-state index < -0.39 is 29.6 Å². The molecule has 5 rings (SSSR count). The van der Waals surface area contributed by atoms with Crippen molar-refractivity contribution in [2.24, 2.45) is 0 Å². The van der Waals surface area contributed by atoms with Gasteiger partial charge in [0.1, 0.15) is 24.1 Å². The number of ether oxygens (including phenoxy) is 2. The molecule has 43 heavy (non-hydrogen) atoms. The highest BCUT2D eigenvalue weighted by Gasteiger charge is 2.39. The van der Waals surface area contributed by atoms with Crippen LogP contribution in [0.15, 0.2) is 85.1 Å². The first-order valence-corrected chi connectivity index (χ1v) is 13.9. The summed E-state index contributed by atoms with van der Waals surface area (Å²) in [7, 11) is 3.10. The van der Waals surface area contributed by atoms with Crippen LogP contribution in [0.25, 0.3) is 5.69 Å². The lowest BCUT2D eigenvalue weighted by Crippen LogP contribution is -2.47. The largest absolute Gasteiger partial charge is 0.497 e. The van der Waals surface area contributed by atoms with Crippen molar-refractivity contribution in [1.29, 1.82) is 0 Å². The van der Waals surface area contributed by atoms with Gasteiger partial charge >= 0.3 is 6.18 Å². The molecule has 1 atom stereocenters. The summed E-state index contributed by atoms with van der Waals surface area (Å²) in [6.45, 7) is 1.80. The van der Waals surface area contributed by atoms with E-state index in [2.05, 4.69) is 0 Å². The summed E-state index contributed by atoms with van der Waals surface area (Å²) in [5.41, 5.74) is 1.82. The van der Waals surface area contributed by atoms with Gasteiger partial charge in [0, 0.05) is 23.9 Å². The van der Waals surface area contributed by atoms with Crippen LogP contribution in [0.3, 0.4) is 0 Å². The third-order valence-corrected chi connectivity index (χ3v) is 7.55. The number of methoxy groups -OCH3 is 2. The minimum absolute atomic E-state index is 0.127. The number of amides is 2. The molecule has 0 spiro atoms. The van der Waals surface area contributed by atoms with Crippen molar-refractivity contribution in [3.8, 4) is 17.2 Å². The summed E-state index contributed by atoms with van der Waals surface area (Å²) in [4.78, 5) is 31.0. The van der Waals surface area contributed by atoms with Gasteiger partial charge in [-0.1, -0.05) is 31.5 Å². The second-order valence-electron chi connectivity index (χ2n) is 10.2. The number of rotatable bonds is 9. The van der Waals surface area contributed by atoms with Crippen LogP contribution < -0.4 is 14.4 Å². The lowest BCUT2D eigenvalue weighted by atomic mass is 9.96. The third kappa shape index (κ3) is 5.82. The number of hydrogen-bond acceptors (Lipinski definition) is 4. The normalized spacial score (nSPS) is 14.1. The lowest BCUT2D eigenvalue weighted by molar-refractivity contribution is -0.137. The number of halogens is 3. The van der Waals surface area contributed by atoms with Crippen molar-refractivity contribution in [3.63, 3.8) is 0 Å². The maximum absolute atomic E-state index is 14.4. The Balaban J connectivity index is 1.59. The van der Waals surface area contributed by atoms with Crippen LogP contribution in [0.5, 0.6) is 11.5 Å². The first kappa shape index (κ1) is 29.8. The van der Waals surface area contributed by atoms with E-state index in [0.29, 0.717) is 29.2 Å². The van der Waals surface area contributed by atoms with Crippen LogP contribution >= 0.6 is 0 Å². The number of unbranched alkanes of at least 4 members (excludes halogenated alkanes) is 1. The van der Waals surface area contributed by atoms with Crippen LogP contribution in [0.4, 0.5) is 18.9 Å². The summed E-state index contributed by atoms with van der Waals surface area (Å²) >= 11 is 0. The fraction of sp³-hybridized carbons (Fsp3) is 0.273. The average Bonchev–Trinajstić information content (AvgIpc) is 3.51. The van der Waals surface area contributed by atoms with Gasteiger partial charge in [-0.2, -0.15) is 13.2 Å². The van der Waals surface area contributed by atoms with Crippen molar-refractivity contribution in [1.82, 2.24) is 9.47 Å². The average molecular weight is 592 g/mol. The molecule has 0 saturated carbocycles. The van der Waals surface area contributed by atoms with Gasteiger partial charge in [0.2, 0.25) is 5.91 Å². The molecule has 0 radical (unpaired) electrons. The number of hydrogen-bond donors (Lipinski definition) is 0. The number of alkyl halides is 3. The minimum atomic E-state index is -4.60. The summed E-state index contributed by atoms with van der Waals surface area (Å²) in [5, 5.41) is 0. The summed E-state index contributed by atoms with van der Waals surface area (Å²) < 4.78 is 53.5. The Hall–Kier alpha value is -4.73. The molecule has 7 nitrogen and oxygen atoms in total. The molecule has 2 amide bonds. The molecule has 2 heterocycles. The zero-order valence-electron chi connectivity index (χ0n) is 24.1. The van der Waals surface area contributed by atoms with E-state index >= 15 is 0 Å². The van der Waals surface area contributed by atoms with Gasteiger partial charge in [-0.3, -0.25) is 14.5 Å². The highest BCUT2D eigenvalue weighted by atomic mass is 19.4. The number of anilines is 1. The smallest absolute Gasteiger partial charge is 0.416 e. The van der Waals surface area contributed by atoms with Crippen LogP contribution in [0.1, 0.15) is 53.0 Å². The SMILES string of the molecule is CCCCN(CC(=O)N1c2ccccc2-n2cccc2C1c1cc(OC)ccc1OC)C(=O)c1cccc(C(F)(F)F)c1. The number of nitrogens with zero attached hydrogens (tertiary/aromatic N) is 3. The Morgan fingerprint density at radius 2 is 1.67 bits per heavy atom. The van der Waals surface area contributed by atoms with Gasteiger partial charge < -0.3 is 18.9 Å². The summed E-state index contributed by atoms with van der Waals surface area (Å²) in [5.74, 6) is 0.0753. The van der Waals surface area contributed by atoms with Crippen molar-refractivity contribution < 1.29 is 32.2 Å². The van der Waals surface area contributed by atoms with E-state index in [0.717, 1.165) is 29.9 Å². The van der Waals surface area contributed by atoms with E-state index in [9.17, 15) is 22.8 Å². The first-order valence-electron chi connectivity index (χ1n) is 13.9. The van der Waals surface area contributed by atoms with Crippen LogP contribution in [-0.4, -0.2) is 48.6 Å². The van der Waals surface area contributed by atoms with Gasteiger partial charge in [0.15, 0.2) is 0 Å². The molecule has 1 aromatic heterocycles. The molecule has 1 aliphatic heterocycles. The predicted octanol–water partition coefficient (Wildman–Crippen LogP) is 6.89. The minimum Gasteiger partial charge on any atom is -0.497 e. The Kier molecular flexibility index (Phi) is 8.47. The molecule has 1 unspecified atom stereocenters. The number of para-hydroxylation sites is 2. The van der Waals surface area contributed by atoms with E-state index in [4.69, 9.17) is 9.47 Å². The predicted molar refractivity (Wildman–Crippen MR) is 157 cm³/mol. The lowest BCUT2D eigenvalue weighted by Gasteiger charge is -2.40. The topological polar surface area (TPSA) is 64.0 Å². The van der Waals surface area contributed by atoms with E-state index in [1.165, 1.54) is 17.0 Å². The number of carbonyl (C=O) groups is 2. The molecule has 0 saturated heterocycles. The molecule has 4 aromatic rings. The van der Waals surface area contributed by atoms with E-state index in [1.54, 1.807) is 31.3 Å². The van der Waals surface area contributed by atoms with Crippen molar-refractivity contribution in [2.75, 3.05) is 32.2 Å². The molecular weight excluding hydrogens is 559 g/mol. The van der Waals surface area contributed by atoms with Gasteiger partial charge in [-0.25, -0.2) is 0 Å². The van der Waals surface area contributed by atoms with E-state index in [1.807, 2.05) is 60.2 Å². The fourth-order valence-corrected chi connectivity index (χ4v) is 5.46. The van der Waals surface area contributed by atoms with Crippen LogP contribution in [0.2, 0.25) is 0 Å². The molecule has 0 fully saturated rings. The molecule has 0 aliphatic carbocycles. The quantitative estimate of drug-likeness (QED) is 0.213. The second kappa shape index (κ2) is 12.2. The number of fused-ring (bicyclic) bond motifs is 3. The third-order valence-electron chi connectivity index (χ3n) is 7.55. The standard InChI is InChI=1S/C33H32F3N3O4/c1-4-5-17-37(32(41)22-10-8-11-23(19-22)33(34,35)36)21-30(40)39-27-13-7-6-12-26(27)38-18-9-14-28(38)31(39)25-20-24(42-2)15-16-29(25)43-3/h6-16,18-20,31H,4-5,17,21H2,1-3H3. The van der Waals surface area contributed by atoms with Crippen molar-refractivity contribution >= 4 is 17.5 Å². The molecule has 0 N–H and O–H groups in total. The number of benzene rings is 3. The number of aromatic nitrogens is 1. The summed E-state index contributed by atoms with van der Waals surface area (Å²) in [6, 6.07) is 20.3. The Morgan fingerprint density at radius 3 is 2.37 bits per heavy atom. The molecule has 10 heteroatoms. The van der Waals surface area contributed by atoms with Crippen molar-refractivity contribution in [2.45, 2.75) is 32.0 Å². The maximum Gasteiger partial charge on any atom is 0.416 e. The molecule has 1 aliphatic rings.